The smallest absolute Gasteiger partial charge is 0.410 e. The normalized spacial score (nSPS) is 16.9. The molecule has 0 unspecified atom stereocenters. The van der Waals surface area contributed by atoms with Crippen molar-refractivity contribution in [3.05, 3.63) is 59.7 Å². The lowest BCUT2D eigenvalue weighted by atomic mass is 9.98. The Kier molecular flexibility index (Phi) is 6.40. The Hall–Kier alpha value is -3.02. The second-order valence-corrected chi connectivity index (χ2v) is 9.81. The first-order chi connectivity index (χ1) is 15.3. The fourth-order valence-corrected chi connectivity index (χ4v) is 4.21. The van der Waals surface area contributed by atoms with Crippen molar-refractivity contribution in [3.63, 3.8) is 0 Å². The van der Waals surface area contributed by atoms with Crippen LogP contribution in [0.3, 0.4) is 0 Å². The zero-order valence-electron chi connectivity index (χ0n) is 19.6. The van der Waals surface area contributed by atoms with E-state index >= 15 is 0 Å². The number of ether oxygens (including phenoxy) is 1. The summed E-state index contributed by atoms with van der Waals surface area (Å²) < 4.78 is 7.82. The maximum atomic E-state index is 12.5. The van der Waals surface area contributed by atoms with Gasteiger partial charge in [-0.1, -0.05) is 42.0 Å². The minimum Gasteiger partial charge on any atom is -0.444 e. The lowest BCUT2D eigenvalue weighted by Gasteiger charge is -2.34. The summed E-state index contributed by atoms with van der Waals surface area (Å²) in [7, 11) is 0. The summed E-state index contributed by atoms with van der Waals surface area (Å²) in [5.41, 5.74) is 4.14. The van der Waals surface area contributed by atoms with Crippen LogP contribution in [0.5, 0.6) is 0 Å². The molecule has 1 N–H and O–H groups in total. The number of nitrogens with one attached hydrogen (secondary N) is 1. The largest absolute Gasteiger partial charge is 0.444 e. The maximum absolute atomic E-state index is 12.5. The number of hydrogen-bond donors (Lipinski definition) is 1. The molecule has 6 nitrogen and oxygen atoms in total. The van der Waals surface area contributed by atoms with Gasteiger partial charge in [-0.3, -0.25) is 0 Å². The van der Waals surface area contributed by atoms with Crippen LogP contribution < -0.4 is 5.32 Å². The number of carbonyl (C=O) groups is 1. The third-order valence-corrected chi connectivity index (χ3v) is 5.84. The van der Waals surface area contributed by atoms with Crippen molar-refractivity contribution in [2.45, 2.75) is 52.7 Å². The lowest BCUT2D eigenvalue weighted by molar-refractivity contribution is 0.0172. The van der Waals surface area contributed by atoms with Gasteiger partial charge < -0.3 is 19.5 Å². The van der Waals surface area contributed by atoms with Gasteiger partial charge in [0.25, 0.3) is 0 Å². The Morgan fingerprint density at radius 1 is 1.16 bits per heavy atom. The molecule has 1 saturated heterocycles. The van der Waals surface area contributed by atoms with Gasteiger partial charge in [0.2, 0.25) is 5.95 Å². The minimum atomic E-state index is -0.469. The zero-order valence-corrected chi connectivity index (χ0v) is 19.6. The second kappa shape index (κ2) is 9.23. The van der Waals surface area contributed by atoms with Crippen molar-refractivity contribution < 1.29 is 9.53 Å². The van der Waals surface area contributed by atoms with E-state index in [0.29, 0.717) is 12.5 Å². The molecule has 0 radical (unpaired) electrons. The number of aromatic nitrogens is 2. The van der Waals surface area contributed by atoms with E-state index in [0.717, 1.165) is 49.5 Å². The van der Waals surface area contributed by atoms with E-state index in [-0.39, 0.29) is 6.09 Å². The van der Waals surface area contributed by atoms with Crippen LogP contribution in [0.1, 0.15) is 44.7 Å². The van der Waals surface area contributed by atoms with Crippen LogP contribution in [0.4, 0.5) is 10.7 Å². The molecule has 1 aliphatic heterocycles. The predicted octanol–water partition coefficient (Wildman–Crippen LogP) is 5.45. The van der Waals surface area contributed by atoms with Crippen molar-refractivity contribution in [3.8, 4) is 0 Å². The summed E-state index contributed by atoms with van der Waals surface area (Å²) in [5.74, 6) is 1.24. The molecular formula is C26H34N4O2. The number of para-hydroxylation sites is 2. The van der Waals surface area contributed by atoms with Crippen LogP contribution in [0.25, 0.3) is 11.0 Å². The molecule has 1 aliphatic rings. The van der Waals surface area contributed by atoms with Gasteiger partial charge in [0.1, 0.15) is 5.60 Å². The monoisotopic (exact) mass is 434 g/mol. The number of benzene rings is 2. The predicted molar refractivity (Wildman–Crippen MR) is 129 cm³/mol. The Labute approximate surface area is 190 Å². The molecule has 0 spiro atoms. The van der Waals surface area contributed by atoms with E-state index in [9.17, 15) is 4.79 Å². The molecule has 32 heavy (non-hydrogen) atoms. The number of aryl methyl sites for hydroxylation is 1. The number of hydrogen-bond acceptors (Lipinski definition) is 4. The summed E-state index contributed by atoms with van der Waals surface area (Å²) in [4.78, 5) is 19.2. The van der Waals surface area contributed by atoms with Crippen molar-refractivity contribution in [1.82, 2.24) is 14.5 Å². The van der Waals surface area contributed by atoms with Gasteiger partial charge in [0.05, 0.1) is 17.6 Å². The van der Waals surface area contributed by atoms with E-state index in [1.54, 1.807) is 0 Å². The third-order valence-electron chi connectivity index (χ3n) is 5.84. The molecule has 170 valence electrons. The average Bonchev–Trinajstić information content (AvgIpc) is 3.10. The average molecular weight is 435 g/mol. The third kappa shape index (κ3) is 5.42. The highest BCUT2D eigenvalue weighted by Gasteiger charge is 2.27. The number of amides is 1. The molecule has 3 aromatic rings. The van der Waals surface area contributed by atoms with E-state index in [1.807, 2.05) is 31.7 Å². The number of rotatable bonds is 5. The summed E-state index contributed by atoms with van der Waals surface area (Å²) in [5, 5.41) is 3.58. The first-order valence-electron chi connectivity index (χ1n) is 11.5. The Balaban J connectivity index is 1.47. The van der Waals surface area contributed by atoms with E-state index in [1.165, 1.54) is 11.1 Å². The van der Waals surface area contributed by atoms with Crippen molar-refractivity contribution in [1.29, 1.82) is 0 Å². The second-order valence-electron chi connectivity index (χ2n) is 9.81. The molecule has 1 aromatic heterocycles. The van der Waals surface area contributed by atoms with Crippen molar-refractivity contribution in [2.75, 3.05) is 25.0 Å². The van der Waals surface area contributed by atoms with Crippen LogP contribution in [0.2, 0.25) is 0 Å². The Morgan fingerprint density at radius 3 is 2.66 bits per heavy atom. The van der Waals surface area contributed by atoms with Crippen LogP contribution in [0, 0.1) is 12.8 Å². The van der Waals surface area contributed by atoms with Crippen LogP contribution >= 0.6 is 0 Å². The van der Waals surface area contributed by atoms with Gasteiger partial charge in [0.15, 0.2) is 0 Å². The van der Waals surface area contributed by atoms with Gasteiger partial charge in [0, 0.05) is 19.6 Å². The highest BCUT2D eigenvalue weighted by Crippen LogP contribution is 2.24. The van der Waals surface area contributed by atoms with E-state index in [4.69, 9.17) is 9.72 Å². The first-order valence-corrected chi connectivity index (χ1v) is 11.5. The summed E-state index contributed by atoms with van der Waals surface area (Å²) in [6.07, 6.45) is 1.87. The van der Waals surface area contributed by atoms with Gasteiger partial charge in [-0.2, -0.15) is 0 Å². The quantitative estimate of drug-likeness (QED) is 0.580. The number of piperidine rings is 1. The molecule has 2 heterocycles. The van der Waals surface area contributed by atoms with Crippen molar-refractivity contribution in [2.24, 2.45) is 5.92 Å². The molecule has 4 rings (SSSR count). The molecule has 2 aromatic carbocycles. The molecule has 0 bridgehead atoms. The van der Waals surface area contributed by atoms with Gasteiger partial charge in [-0.15, -0.1) is 0 Å². The Morgan fingerprint density at radius 2 is 1.91 bits per heavy atom. The number of anilines is 1. The molecule has 0 saturated carbocycles. The van der Waals surface area contributed by atoms with Gasteiger partial charge in [-0.25, -0.2) is 9.78 Å². The highest BCUT2D eigenvalue weighted by molar-refractivity contribution is 5.78. The van der Waals surface area contributed by atoms with Crippen LogP contribution in [-0.2, 0) is 11.3 Å². The fraction of sp³-hybridized carbons (Fsp3) is 0.462. The topological polar surface area (TPSA) is 59.4 Å². The SMILES string of the molecule is Cc1ccc(Cn2c(NC[C@H]3CCCN(C(=O)OC(C)(C)C)C3)nc3ccccc32)cc1. The maximum Gasteiger partial charge on any atom is 0.410 e. The zero-order chi connectivity index (χ0) is 22.7. The first kappa shape index (κ1) is 22.2. The minimum absolute atomic E-state index is 0.214. The van der Waals surface area contributed by atoms with Crippen LogP contribution in [0.15, 0.2) is 48.5 Å². The van der Waals surface area contributed by atoms with E-state index < -0.39 is 5.60 Å². The van der Waals surface area contributed by atoms with Gasteiger partial charge in [-0.05, 0) is 64.2 Å². The molecule has 1 amide bonds. The number of imidazole rings is 1. The van der Waals surface area contributed by atoms with E-state index in [2.05, 4.69) is 59.3 Å². The summed E-state index contributed by atoms with van der Waals surface area (Å²) in [6.45, 7) is 10.8. The van der Waals surface area contributed by atoms with Crippen molar-refractivity contribution >= 4 is 23.1 Å². The number of carbonyl (C=O) groups excluding carboxylic acids is 1. The number of likely N-dealkylation sites (tertiary alicyclic amines) is 1. The standard InChI is InChI=1S/C26H34N4O2/c1-19-11-13-20(14-12-19)18-30-23-10-6-5-9-22(23)28-24(30)27-16-21-8-7-15-29(17-21)25(31)32-26(2,3)4/h5-6,9-14,21H,7-8,15-18H2,1-4H3,(H,27,28)/t21-/m1/s1. The molecule has 1 atom stereocenters. The summed E-state index contributed by atoms with van der Waals surface area (Å²) in [6, 6.07) is 16.9. The summed E-state index contributed by atoms with van der Waals surface area (Å²) >= 11 is 0. The van der Waals surface area contributed by atoms with Crippen LogP contribution in [-0.4, -0.2) is 45.8 Å². The molecule has 6 heteroatoms. The molecule has 0 aliphatic carbocycles. The molecular weight excluding hydrogens is 400 g/mol. The Bertz CT molecular complexity index is 1070. The molecule has 1 fully saturated rings. The number of nitrogens with zero attached hydrogens (tertiary/aromatic N) is 3. The number of fused-ring (bicyclic) bond motifs is 1. The fourth-order valence-electron chi connectivity index (χ4n) is 4.21. The lowest BCUT2D eigenvalue weighted by Crippen LogP contribution is -2.44. The highest BCUT2D eigenvalue weighted by atomic mass is 16.6. The van der Waals surface area contributed by atoms with Gasteiger partial charge >= 0.3 is 6.09 Å².